The molecular weight excluding hydrogens is 321 g/mol. The Kier molecular flexibility index (Phi) is 3.74. The van der Waals surface area contributed by atoms with Crippen LogP contribution in [0.15, 0.2) is 0 Å². The fourth-order valence-corrected chi connectivity index (χ4v) is 222. The van der Waals surface area contributed by atoms with E-state index in [4.69, 9.17) is 0 Å². The Bertz CT molecular complexity index is 256. The molecule has 0 aromatic heterocycles. The summed E-state index contributed by atoms with van der Waals surface area (Å²) in [5.41, 5.74) is 0. The highest BCUT2D eigenvalue weighted by molar-refractivity contribution is 8.12. The fourth-order valence-electron chi connectivity index (χ4n) is 4.00. The van der Waals surface area contributed by atoms with Crippen LogP contribution >= 0.6 is 0 Å². The molecule has 0 atom stereocenters. The second kappa shape index (κ2) is 3.90. The third-order valence-corrected chi connectivity index (χ3v) is 148. The monoisotopic (exact) mass is 352 g/mol. The molecule has 1 aliphatic rings. The van der Waals surface area contributed by atoms with Crippen molar-refractivity contribution in [2.24, 2.45) is 0 Å². The Balaban J connectivity index is 3.72. The van der Waals surface area contributed by atoms with Gasteiger partial charge in [-0.05, 0) is 0 Å². The smallest absolute Gasteiger partial charge is 0.284 e. The summed E-state index contributed by atoms with van der Waals surface area (Å²) in [5, 5.41) is 0. The fraction of sp³-hybridized carbons (Fsp3) is 1.00. The minimum atomic E-state index is -2.97. The molecule has 1 rings (SSSR count). The van der Waals surface area contributed by atoms with E-state index in [0.717, 1.165) is 0 Å². The van der Waals surface area contributed by atoms with E-state index in [9.17, 15) is 9.59 Å². The van der Waals surface area contributed by atoms with Gasteiger partial charge in [-0.3, -0.25) is 0 Å². The average Bonchev–Trinajstić information content (AvgIpc) is 2.14. The summed E-state index contributed by atoms with van der Waals surface area (Å²) in [5.74, 6) is 0. The lowest BCUT2D eigenvalue weighted by Gasteiger charge is -2.69. The van der Waals surface area contributed by atoms with Gasteiger partial charge in [0.2, 0.25) is 0 Å². The lowest BCUT2D eigenvalue weighted by atomic mass is 11.9. The van der Waals surface area contributed by atoms with Crippen LogP contribution < -0.4 is 0 Å². The predicted molar refractivity (Wildman–Crippen MR) is 97.6 cm³/mol. The van der Waals surface area contributed by atoms with Crippen LogP contribution in [0, 0.1) is 0 Å². The van der Waals surface area contributed by atoms with Crippen LogP contribution in [0.5, 0.6) is 0 Å². The summed E-state index contributed by atoms with van der Waals surface area (Å²) in [6, 6.07) is 0. The number of hydrogen-bond donors (Lipinski definition) is 2. The van der Waals surface area contributed by atoms with Gasteiger partial charge in [0, 0.05) is 21.3 Å². The first kappa shape index (κ1) is 17.3. The quantitative estimate of drug-likeness (QED) is 0.657. The van der Waals surface area contributed by atoms with Gasteiger partial charge in [-0.1, -0.05) is 65.5 Å². The molecule has 1 fully saturated rings. The van der Waals surface area contributed by atoms with E-state index in [1.54, 1.807) is 0 Å². The second-order valence-corrected chi connectivity index (χ2v) is 77.1. The van der Waals surface area contributed by atoms with Gasteiger partial charge in [-0.2, -0.15) is 0 Å². The van der Waals surface area contributed by atoms with Crippen molar-refractivity contribution in [2.75, 3.05) is 0 Å². The largest absolute Gasteiger partial charge is 0.416 e. The van der Waals surface area contributed by atoms with Crippen LogP contribution in [0.4, 0.5) is 0 Å². The van der Waals surface area contributed by atoms with E-state index in [1.165, 1.54) is 0 Å². The van der Waals surface area contributed by atoms with Crippen molar-refractivity contribution in [1.29, 1.82) is 0 Å². The summed E-state index contributed by atoms with van der Waals surface area (Å²) >= 11 is 0. The van der Waals surface area contributed by atoms with E-state index in [0.29, 0.717) is 0 Å². The molecular formula is C10H32O2Si6. The van der Waals surface area contributed by atoms with Crippen LogP contribution in [-0.4, -0.2) is 52.7 Å². The van der Waals surface area contributed by atoms with E-state index >= 15 is 0 Å². The van der Waals surface area contributed by atoms with Gasteiger partial charge in [0.05, 0.1) is 14.2 Å². The standard InChI is InChI=1S/C10H32O2Si6/c1-13(2)14(3,4)16(7,8)18(11,12)17(9,10)15(13,5)6/h11-12H,1-10H3. The Morgan fingerprint density at radius 3 is 0.778 bits per heavy atom. The molecule has 0 unspecified atom stereocenters. The summed E-state index contributed by atoms with van der Waals surface area (Å²) in [6.07, 6.45) is 0. The zero-order chi connectivity index (χ0) is 15.0. The summed E-state index contributed by atoms with van der Waals surface area (Å²) in [4.78, 5) is 22.5. The van der Waals surface area contributed by atoms with Crippen molar-refractivity contribution in [3.8, 4) is 0 Å². The minimum Gasteiger partial charge on any atom is -0.416 e. The van der Waals surface area contributed by atoms with Crippen LogP contribution in [-0.2, 0) is 0 Å². The van der Waals surface area contributed by atoms with E-state index in [-0.39, 0.29) is 0 Å². The van der Waals surface area contributed by atoms with Gasteiger partial charge in [0.25, 0.3) is 7.60 Å². The minimum absolute atomic E-state index is 1.29. The van der Waals surface area contributed by atoms with Crippen molar-refractivity contribution in [3.63, 3.8) is 0 Å². The molecule has 1 aliphatic heterocycles. The zero-order valence-electron chi connectivity index (χ0n) is 13.9. The van der Waals surface area contributed by atoms with Gasteiger partial charge >= 0.3 is 0 Å². The van der Waals surface area contributed by atoms with Crippen LogP contribution in [0.1, 0.15) is 0 Å². The summed E-state index contributed by atoms with van der Waals surface area (Å²) in [7, 11) is -10.9. The average molecular weight is 353 g/mol. The summed E-state index contributed by atoms with van der Waals surface area (Å²) < 4.78 is 0. The third-order valence-electron chi connectivity index (χ3n) is 7.99. The van der Waals surface area contributed by atoms with Crippen molar-refractivity contribution >= 4 is 43.1 Å². The maximum absolute atomic E-state index is 11.2. The van der Waals surface area contributed by atoms with Crippen molar-refractivity contribution in [3.05, 3.63) is 0 Å². The molecule has 0 aromatic carbocycles. The first-order valence-electron chi connectivity index (χ1n) is 6.95. The van der Waals surface area contributed by atoms with E-state index in [2.05, 4.69) is 65.5 Å². The van der Waals surface area contributed by atoms with Gasteiger partial charge in [0.15, 0.2) is 0 Å². The first-order chi connectivity index (χ1) is 7.50. The summed E-state index contributed by atoms with van der Waals surface area (Å²) in [6.45, 7) is 24.6. The van der Waals surface area contributed by atoms with Gasteiger partial charge in [0.1, 0.15) is 0 Å². The maximum Gasteiger partial charge on any atom is 0.284 e. The Hall–Kier alpha value is 1.22. The van der Waals surface area contributed by atoms with Crippen LogP contribution in [0.3, 0.4) is 0 Å². The van der Waals surface area contributed by atoms with Gasteiger partial charge in [-0.25, -0.2) is 0 Å². The Labute approximate surface area is 118 Å². The molecule has 0 aromatic rings. The van der Waals surface area contributed by atoms with Crippen LogP contribution in [0.25, 0.3) is 0 Å². The Morgan fingerprint density at radius 1 is 0.389 bits per heavy atom. The van der Waals surface area contributed by atoms with E-state index < -0.39 is 43.1 Å². The van der Waals surface area contributed by atoms with Crippen LogP contribution in [0.2, 0.25) is 65.5 Å². The maximum atomic E-state index is 11.2. The lowest BCUT2D eigenvalue weighted by molar-refractivity contribution is 0.414. The van der Waals surface area contributed by atoms with Crippen molar-refractivity contribution in [2.45, 2.75) is 65.5 Å². The molecule has 0 amide bonds. The number of hydrogen-bond acceptors (Lipinski definition) is 2. The van der Waals surface area contributed by atoms with Gasteiger partial charge < -0.3 is 9.59 Å². The van der Waals surface area contributed by atoms with Gasteiger partial charge in [-0.15, -0.1) is 0 Å². The highest BCUT2D eigenvalue weighted by atomic mass is 30.2. The number of rotatable bonds is 0. The molecule has 0 aliphatic carbocycles. The highest BCUT2D eigenvalue weighted by Gasteiger charge is 2.80. The lowest BCUT2D eigenvalue weighted by Crippen LogP contribution is -3.02. The molecule has 1 saturated heterocycles. The normalized spacial score (nSPS) is 34.0. The van der Waals surface area contributed by atoms with Crippen molar-refractivity contribution in [1.82, 2.24) is 0 Å². The molecule has 0 spiro atoms. The zero-order valence-corrected chi connectivity index (χ0v) is 19.9. The molecule has 0 radical (unpaired) electrons. The first-order valence-corrected chi connectivity index (χ1v) is 29.8. The highest BCUT2D eigenvalue weighted by Crippen LogP contribution is 2.49. The van der Waals surface area contributed by atoms with Crippen molar-refractivity contribution < 1.29 is 9.59 Å². The molecule has 108 valence electrons. The third kappa shape index (κ3) is 1.49. The molecule has 0 saturated carbocycles. The molecule has 8 heteroatoms. The topological polar surface area (TPSA) is 40.5 Å². The van der Waals surface area contributed by atoms with E-state index in [1.807, 2.05) is 0 Å². The molecule has 0 bridgehead atoms. The SMILES string of the molecule is C[Si]1(C)[Si](C)(C)[Si](C)(C)[Si](O)(O)[Si](C)(C)[Si]1(C)C. The second-order valence-electron chi connectivity index (χ2n) is 8.80. The molecule has 2 nitrogen and oxygen atoms in total. The predicted octanol–water partition coefficient (Wildman–Crippen LogP) is 2.44. The Morgan fingerprint density at radius 2 is 0.556 bits per heavy atom. The molecule has 18 heavy (non-hydrogen) atoms. The molecule has 1 heterocycles. The molecule has 2 N–H and O–H groups in total.